The fourth-order valence-corrected chi connectivity index (χ4v) is 4.44. The SMILES string of the molecule is COc1nc(C(=O)N[C@@H]2CC3CCN(C3)C2)cc2sccc12. The summed E-state index contributed by atoms with van der Waals surface area (Å²) in [6.45, 7) is 3.32. The Bertz CT molecular complexity index is 702. The highest BCUT2D eigenvalue weighted by molar-refractivity contribution is 7.17. The highest BCUT2D eigenvalue weighted by Gasteiger charge is 2.33. The summed E-state index contributed by atoms with van der Waals surface area (Å²) in [6.07, 6.45) is 2.35. The quantitative estimate of drug-likeness (QED) is 0.942. The lowest BCUT2D eigenvalue weighted by Crippen LogP contribution is -2.47. The first kappa shape index (κ1) is 14.0. The van der Waals surface area contributed by atoms with E-state index in [-0.39, 0.29) is 11.9 Å². The fourth-order valence-electron chi connectivity index (χ4n) is 3.63. The summed E-state index contributed by atoms with van der Waals surface area (Å²) in [4.78, 5) is 19.3. The summed E-state index contributed by atoms with van der Waals surface area (Å²) >= 11 is 1.60. The predicted octanol–water partition coefficient (Wildman–Crippen LogP) is 2.13. The molecule has 0 aliphatic carbocycles. The van der Waals surface area contributed by atoms with Gasteiger partial charge in [-0.05, 0) is 42.8 Å². The molecule has 2 saturated heterocycles. The van der Waals surface area contributed by atoms with Crippen LogP contribution < -0.4 is 10.1 Å². The van der Waals surface area contributed by atoms with Crippen LogP contribution in [0.15, 0.2) is 17.5 Å². The number of ether oxygens (including phenoxy) is 1. The van der Waals surface area contributed by atoms with E-state index in [2.05, 4.69) is 15.2 Å². The zero-order valence-corrected chi connectivity index (χ0v) is 13.4. The topological polar surface area (TPSA) is 54.5 Å². The average Bonchev–Trinajstić information content (AvgIpc) is 3.12. The Morgan fingerprint density at radius 2 is 2.41 bits per heavy atom. The summed E-state index contributed by atoms with van der Waals surface area (Å²) in [7, 11) is 1.59. The minimum atomic E-state index is -0.0962. The van der Waals surface area contributed by atoms with Crippen LogP contribution >= 0.6 is 11.3 Å². The van der Waals surface area contributed by atoms with Gasteiger partial charge in [-0.2, -0.15) is 0 Å². The van der Waals surface area contributed by atoms with Crippen molar-refractivity contribution in [2.45, 2.75) is 18.9 Å². The minimum Gasteiger partial charge on any atom is -0.481 e. The van der Waals surface area contributed by atoms with Gasteiger partial charge in [0.2, 0.25) is 5.88 Å². The number of pyridine rings is 1. The lowest BCUT2D eigenvalue weighted by molar-refractivity contribution is 0.0903. The molecule has 0 saturated carbocycles. The van der Waals surface area contributed by atoms with E-state index in [1.807, 2.05) is 17.5 Å². The van der Waals surface area contributed by atoms with Crippen LogP contribution in [0.25, 0.3) is 10.1 Å². The fraction of sp³-hybridized carbons (Fsp3) is 0.500. The van der Waals surface area contributed by atoms with Gasteiger partial charge >= 0.3 is 0 Å². The third-order valence-corrected chi connectivity index (χ3v) is 5.51. The van der Waals surface area contributed by atoms with Crippen molar-refractivity contribution in [3.05, 3.63) is 23.2 Å². The van der Waals surface area contributed by atoms with E-state index < -0.39 is 0 Å². The number of nitrogens with one attached hydrogen (secondary N) is 1. The maximum Gasteiger partial charge on any atom is 0.270 e. The van der Waals surface area contributed by atoms with Gasteiger partial charge < -0.3 is 15.0 Å². The molecule has 1 N–H and O–H groups in total. The van der Waals surface area contributed by atoms with Crippen molar-refractivity contribution in [2.75, 3.05) is 26.7 Å². The van der Waals surface area contributed by atoms with Gasteiger partial charge in [0.05, 0.1) is 12.5 Å². The second-order valence-corrected chi connectivity index (χ2v) is 7.12. The van der Waals surface area contributed by atoms with Gasteiger partial charge in [0, 0.05) is 23.8 Å². The van der Waals surface area contributed by atoms with Crippen molar-refractivity contribution in [3.8, 4) is 5.88 Å². The second-order valence-electron chi connectivity index (χ2n) is 6.17. The third-order valence-electron chi connectivity index (χ3n) is 4.64. The molecule has 2 aromatic rings. The van der Waals surface area contributed by atoms with E-state index in [1.165, 1.54) is 19.5 Å². The molecule has 2 unspecified atom stereocenters. The number of nitrogens with zero attached hydrogens (tertiary/aromatic N) is 2. The Morgan fingerprint density at radius 1 is 1.50 bits per heavy atom. The van der Waals surface area contributed by atoms with Crippen LogP contribution in [0.5, 0.6) is 5.88 Å². The summed E-state index contributed by atoms with van der Waals surface area (Å²) in [5.41, 5.74) is 0.444. The summed E-state index contributed by atoms with van der Waals surface area (Å²) in [5, 5.41) is 6.10. The number of piperidine rings is 1. The van der Waals surface area contributed by atoms with Gasteiger partial charge in [0.25, 0.3) is 5.91 Å². The molecule has 6 heteroatoms. The standard InChI is InChI=1S/C16H19N3O2S/c1-21-16-12-3-5-22-14(12)7-13(18-16)15(20)17-11-6-10-2-4-19(8-10)9-11/h3,5,7,10-11H,2,4,6,8-9H2,1H3,(H,17,20)/t10?,11-/m1/s1. The molecule has 0 aromatic carbocycles. The zero-order valence-electron chi connectivity index (χ0n) is 12.5. The molecular formula is C16H19N3O2S. The van der Waals surface area contributed by atoms with Crippen molar-refractivity contribution in [1.82, 2.24) is 15.2 Å². The van der Waals surface area contributed by atoms with Crippen LogP contribution in [0.4, 0.5) is 0 Å². The van der Waals surface area contributed by atoms with Crippen molar-refractivity contribution in [1.29, 1.82) is 0 Å². The van der Waals surface area contributed by atoms with Crippen LogP contribution in [0.1, 0.15) is 23.3 Å². The normalized spacial score (nSPS) is 27.0. The molecule has 22 heavy (non-hydrogen) atoms. The minimum absolute atomic E-state index is 0.0962. The average molecular weight is 317 g/mol. The van der Waals surface area contributed by atoms with E-state index in [9.17, 15) is 4.79 Å². The third kappa shape index (κ3) is 2.46. The van der Waals surface area contributed by atoms with E-state index >= 15 is 0 Å². The van der Waals surface area contributed by atoms with E-state index in [0.29, 0.717) is 11.6 Å². The molecule has 2 aliphatic heterocycles. The molecule has 2 bridgehead atoms. The molecular weight excluding hydrogens is 298 g/mol. The molecule has 4 rings (SSSR count). The number of hydrogen-bond acceptors (Lipinski definition) is 5. The lowest BCUT2D eigenvalue weighted by Gasteiger charge is -2.30. The molecule has 0 radical (unpaired) electrons. The number of thiophene rings is 1. The molecule has 1 amide bonds. The van der Waals surface area contributed by atoms with Gasteiger partial charge in [-0.1, -0.05) is 0 Å². The Labute approximate surface area is 133 Å². The van der Waals surface area contributed by atoms with Crippen molar-refractivity contribution >= 4 is 27.3 Å². The zero-order chi connectivity index (χ0) is 15.1. The Kier molecular flexibility index (Phi) is 3.50. The molecule has 116 valence electrons. The first-order chi connectivity index (χ1) is 10.7. The summed E-state index contributed by atoms with van der Waals surface area (Å²) in [6, 6.07) is 4.07. The van der Waals surface area contributed by atoms with Crippen LogP contribution in [-0.2, 0) is 0 Å². The number of rotatable bonds is 3. The summed E-state index contributed by atoms with van der Waals surface area (Å²) in [5.74, 6) is 1.17. The van der Waals surface area contributed by atoms with Gasteiger partial charge in [-0.25, -0.2) is 4.98 Å². The first-order valence-corrected chi connectivity index (χ1v) is 8.56. The lowest BCUT2D eigenvalue weighted by atomic mass is 9.97. The van der Waals surface area contributed by atoms with Crippen LogP contribution in [0.2, 0.25) is 0 Å². The largest absolute Gasteiger partial charge is 0.481 e. The van der Waals surface area contributed by atoms with Gasteiger partial charge in [-0.3, -0.25) is 4.79 Å². The molecule has 4 heterocycles. The van der Waals surface area contributed by atoms with Crippen molar-refractivity contribution in [2.24, 2.45) is 5.92 Å². The van der Waals surface area contributed by atoms with Gasteiger partial charge in [-0.15, -0.1) is 11.3 Å². The molecule has 2 aromatic heterocycles. The number of carbonyl (C=O) groups excluding carboxylic acids is 1. The Hall–Kier alpha value is -1.66. The highest BCUT2D eigenvalue weighted by Crippen LogP contribution is 2.29. The molecule has 2 fully saturated rings. The maximum absolute atomic E-state index is 12.5. The number of fused-ring (bicyclic) bond motifs is 3. The smallest absolute Gasteiger partial charge is 0.270 e. The van der Waals surface area contributed by atoms with Crippen molar-refractivity contribution < 1.29 is 9.53 Å². The van der Waals surface area contributed by atoms with E-state index in [4.69, 9.17) is 4.74 Å². The second kappa shape index (κ2) is 5.52. The predicted molar refractivity (Wildman–Crippen MR) is 86.6 cm³/mol. The number of methoxy groups -OCH3 is 1. The maximum atomic E-state index is 12.5. The van der Waals surface area contributed by atoms with Gasteiger partial charge in [0.15, 0.2) is 0 Å². The van der Waals surface area contributed by atoms with Crippen LogP contribution in [0, 0.1) is 5.92 Å². The molecule has 3 atom stereocenters. The van der Waals surface area contributed by atoms with Crippen molar-refractivity contribution in [3.63, 3.8) is 0 Å². The van der Waals surface area contributed by atoms with E-state index in [0.717, 1.165) is 29.0 Å². The number of hydrogen-bond donors (Lipinski definition) is 1. The first-order valence-electron chi connectivity index (χ1n) is 7.68. The number of amides is 1. The number of aromatic nitrogens is 1. The molecule has 2 aliphatic rings. The summed E-state index contributed by atoms with van der Waals surface area (Å²) < 4.78 is 6.35. The Morgan fingerprint density at radius 3 is 3.23 bits per heavy atom. The Balaban J connectivity index is 1.55. The van der Waals surface area contributed by atoms with Gasteiger partial charge in [0.1, 0.15) is 5.69 Å². The number of carbonyl (C=O) groups is 1. The highest BCUT2D eigenvalue weighted by atomic mass is 32.1. The van der Waals surface area contributed by atoms with Crippen LogP contribution in [-0.4, -0.2) is 48.6 Å². The molecule has 5 nitrogen and oxygen atoms in total. The monoisotopic (exact) mass is 317 g/mol. The van der Waals surface area contributed by atoms with E-state index in [1.54, 1.807) is 18.4 Å². The van der Waals surface area contributed by atoms with Crippen LogP contribution in [0.3, 0.4) is 0 Å². The molecule has 0 spiro atoms.